The number of H-pyrrole nitrogens is 1. The zero-order valence-electron chi connectivity index (χ0n) is 12.0. The maximum atomic E-state index is 13.1. The molecule has 3 rings (SSSR count). The molecule has 1 aliphatic carbocycles. The fraction of sp³-hybridized carbons (Fsp3) is 0.562. The smallest absolute Gasteiger partial charge is 0.201 e. The van der Waals surface area contributed by atoms with Gasteiger partial charge < -0.3 is 10.3 Å². The van der Waals surface area contributed by atoms with E-state index in [1.54, 1.807) is 6.07 Å². The van der Waals surface area contributed by atoms with Crippen LogP contribution in [-0.4, -0.2) is 16.5 Å². The monoisotopic (exact) mass is 275 g/mol. The topological polar surface area (TPSA) is 40.7 Å². The third-order valence-electron chi connectivity index (χ3n) is 4.55. The number of aromatic nitrogens is 2. The molecule has 0 bridgehead atoms. The number of rotatable bonds is 4. The Hall–Kier alpha value is -1.58. The molecule has 0 radical (unpaired) electrons. The van der Waals surface area contributed by atoms with Crippen LogP contribution in [-0.2, 0) is 0 Å². The fourth-order valence-electron chi connectivity index (χ4n) is 3.15. The van der Waals surface area contributed by atoms with Gasteiger partial charge in [-0.1, -0.05) is 26.2 Å². The summed E-state index contributed by atoms with van der Waals surface area (Å²) >= 11 is 0. The van der Waals surface area contributed by atoms with Crippen LogP contribution in [0.2, 0.25) is 0 Å². The van der Waals surface area contributed by atoms with Gasteiger partial charge in [-0.05, 0) is 42.9 Å². The van der Waals surface area contributed by atoms with E-state index in [0.29, 0.717) is 0 Å². The average Bonchev–Trinajstić information content (AvgIpc) is 2.87. The highest BCUT2D eigenvalue weighted by atomic mass is 19.1. The van der Waals surface area contributed by atoms with E-state index < -0.39 is 0 Å². The van der Waals surface area contributed by atoms with Crippen molar-refractivity contribution in [3.8, 4) is 0 Å². The van der Waals surface area contributed by atoms with Crippen molar-refractivity contribution in [3.05, 3.63) is 24.0 Å². The van der Waals surface area contributed by atoms with Gasteiger partial charge in [-0.3, -0.25) is 0 Å². The summed E-state index contributed by atoms with van der Waals surface area (Å²) in [5.41, 5.74) is 1.56. The molecule has 0 amide bonds. The van der Waals surface area contributed by atoms with Crippen molar-refractivity contribution in [3.63, 3.8) is 0 Å². The van der Waals surface area contributed by atoms with Gasteiger partial charge in [0.2, 0.25) is 5.95 Å². The second kappa shape index (κ2) is 5.81. The third kappa shape index (κ3) is 2.94. The van der Waals surface area contributed by atoms with Crippen molar-refractivity contribution in [1.82, 2.24) is 9.97 Å². The highest BCUT2D eigenvalue weighted by Crippen LogP contribution is 2.30. The van der Waals surface area contributed by atoms with Gasteiger partial charge in [0.05, 0.1) is 11.0 Å². The number of hydrogen-bond acceptors (Lipinski definition) is 2. The minimum atomic E-state index is -0.231. The molecule has 3 nitrogen and oxygen atoms in total. The summed E-state index contributed by atoms with van der Waals surface area (Å²) in [4.78, 5) is 7.57. The molecule has 0 spiro atoms. The number of nitrogens with one attached hydrogen (secondary N) is 2. The van der Waals surface area contributed by atoms with Gasteiger partial charge in [0, 0.05) is 6.54 Å². The van der Waals surface area contributed by atoms with Crippen LogP contribution in [0.4, 0.5) is 10.3 Å². The summed E-state index contributed by atoms with van der Waals surface area (Å²) in [6, 6.07) is 4.64. The molecule has 1 fully saturated rings. The Morgan fingerprint density at radius 2 is 2.00 bits per heavy atom. The second-order valence-electron chi connectivity index (χ2n) is 5.92. The molecule has 0 atom stereocenters. The highest BCUT2D eigenvalue weighted by molar-refractivity contribution is 5.77. The zero-order chi connectivity index (χ0) is 13.9. The summed E-state index contributed by atoms with van der Waals surface area (Å²) in [6.45, 7) is 3.25. The van der Waals surface area contributed by atoms with E-state index in [0.717, 1.165) is 35.4 Å². The van der Waals surface area contributed by atoms with Gasteiger partial charge >= 0.3 is 0 Å². The Bertz CT molecular complexity index is 570. The third-order valence-corrected chi connectivity index (χ3v) is 4.55. The van der Waals surface area contributed by atoms with Crippen LogP contribution in [0, 0.1) is 17.7 Å². The normalized spacial score (nSPS) is 23.1. The number of halogens is 1. The number of hydrogen-bond donors (Lipinski definition) is 2. The minimum absolute atomic E-state index is 0.231. The molecule has 2 N–H and O–H groups in total. The lowest BCUT2D eigenvalue weighted by molar-refractivity contribution is 0.278. The Balaban J connectivity index is 1.57. The number of imidazole rings is 1. The minimum Gasteiger partial charge on any atom is -0.356 e. The lowest BCUT2D eigenvalue weighted by Crippen LogP contribution is -2.21. The van der Waals surface area contributed by atoms with Crippen LogP contribution in [0.3, 0.4) is 0 Å². The first-order valence-electron chi connectivity index (χ1n) is 7.63. The maximum absolute atomic E-state index is 13.1. The molecule has 20 heavy (non-hydrogen) atoms. The van der Waals surface area contributed by atoms with E-state index in [9.17, 15) is 4.39 Å². The van der Waals surface area contributed by atoms with Crippen LogP contribution in [0.5, 0.6) is 0 Å². The van der Waals surface area contributed by atoms with E-state index in [1.165, 1.54) is 44.2 Å². The van der Waals surface area contributed by atoms with Crippen LogP contribution >= 0.6 is 0 Å². The molecule has 2 aromatic rings. The molecule has 1 saturated carbocycles. The van der Waals surface area contributed by atoms with Gasteiger partial charge in [0.1, 0.15) is 5.82 Å². The standard InChI is InChI=1S/C16H22FN3/c1-2-11-3-5-12(6-4-11)10-18-16-19-14-8-7-13(17)9-15(14)20-16/h7-9,11-12H,2-6,10H2,1H3,(H2,18,19,20). The van der Waals surface area contributed by atoms with Crippen molar-refractivity contribution in [2.24, 2.45) is 11.8 Å². The SMILES string of the molecule is CCC1CCC(CNc2nc3ccc(F)cc3[nH]2)CC1. The summed E-state index contributed by atoms with van der Waals surface area (Å²) in [7, 11) is 0. The summed E-state index contributed by atoms with van der Waals surface area (Å²) < 4.78 is 13.1. The predicted octanol–water partition coefficient (Wildman–Crippen LogP) is 4.33. The first kappa shape index (κ1) is 13.4. The molecule has 1 aromatic heterocycles. The van der Waals surface area contributed by atoms with Crippen molar-refractivity contribution in [2.45, 2.75) is 39.0 Å². The Labute approximate surface area is 119 Å². The summed E-state index contributed by atoms with van der Waals surface area (Å²) in [5.74, 6) is 2.19. The number of benzene rings is 1. The molecule has 1 heterocycles. The van der Waals surface area contributed by atoms with Crippen LogP contribution in [0.1, 0.15) is 39.0 Å². The fourth-order valence-corrected chi connectivity index (χ4v) is 3.15. The number of anilines is 1. The van der Waals surface area contributed by atoms with Crippen molar-refractivity contribution >= 4 is 17.0 Å². The average molecular weight is 275 g/mol. The van der Waals surface area contributed by atoms with E-state index in [1.807, 2.05) is 0 Å². The Morgan fingerprint density at radius 1 is 1.25 bits per heavy atom. The molecule has 0 aliphatic heterocycles. The first-order valence-corrected chi connectivity index (χ1v) is 7.63. The van der Waals surface area contributed by atoms with E-state index in [4.69, 9.17) is 0 Å². The highest BCUT2D eigenvalue weighted by Gasteiger charge is 2.19. The molecule has 108 valence electrons. The number of fused-ring (bicyclic) bond motifs is 1. The molecule has 0 unspecified atom stereocenters. The largest absolute Gasteiger partial charge is 0.356 e. The van der Waals surface area contributed by atoms with Crippen LogP contribution < -0.4 is 5.32 Å². The molecule has 4 heteroatoms. The summed E-state index contributed by atoms with van der Waals surface area (Å²) in [5, 5.41) is 3.37. The van der Waals surface area contributed by atoms with E-state index in [2.05, 4.69) is 22.2 Å². The lowest BCUT2D eigenvalue weighted by Gasteiger charge is -2.27. The van der Waals surface area contributed by atoms with Crippen LogP contribution in [0.15, 0.2) is 18.2 Å². The van der Waals surface area contributed by atoms with Gasteiger partial charge in [0.25, 0.3) is 0 Å². The van der Waals surface area contributed by atoms with Crippen molar-refractivity contribution in [1.29, 1.82) is 0 Å². The number of aromatic amines is 1. The molecule has 0 saturated heterocycles. The van der Waals surface area contributed by atoms with Gasteiger partial charge in [-0.25, -0.2) is 9.37 Å². The van der Waals surface area contributed by atoms with Gasteiger partial charge in [-0.2, -0.15) is 0 Å². The van der Waals surface area contributed by atoms with Crippen LogP contribution in [0.25, 0.3) is 11.0 Å². The van der Waals surface area contributed by atoms with Gasteiger partial charge in [0.15, 0.2) is 0 Å². The Morgan fingerprint density at radius 3 is 2.75 bits per heavy atom. The van der Waals surface area contributed by atoms with E-state index >= 15 is 0 Å². The Kier molecular flexibility index (Phi) is 3.90. The van der Waals surface area contributed by atoms with Gasteiger partial charge in [-0.15, -0.1) is 0 Å². The predicted molar refractivity (Wildman–Crippen MR) is 80.3 cm³/mol. The summed E-state index contributed by atoms with van der Waals surface area (Å²) in [6.07, 6.45) is 6.64. The van der Waals surface area contributed by atoms with Crippen molar-refractivity contribution < 1.29 is 4.39 Å². The first-order chi connectivity index (χ1) is 9.74. The quantitative estimate of drug-likeness (QED) is 0.872. The molecular formula is C16H22FN3. The molecular weight excluding hydrogens is 253 g/mol. The van der Waals surface area contributed by atoms with Crippen molar-refractivity contribution in [2.75, 3.05) is 11.9 Å². The molecule has 1 aromatic carbocycles. The zero-order valence-corrected chi connectivity index (χ0v) is 12.0. The second-order valence-corrected chi connectivity index (χ2v) is 5.92. The van der Waals surface area contributed by atoms with E-state index in [-0.39, 0.29) is 5.82 Å². The molecule has 1 aliphatic rings. The number of nitrogens with zero attached hydrogens (tertiary/aromatic N) is 1. The maximum Gasteiger partial charge on any atom is 0.201 e. The lowest BCUT2D eigenvalue weighted by atomic mass is 9.81.